The predicted molar refractivity (Wildman–Crippen MR) is 89.4 cm³/mol. The molecule has 2 N–H and O–H groups in total. The van der Waals surface area contributed by atoms with Crippen LogP contribution in [0, 0.1) is 0 Å². The maximum atomic E-state index is 12.5. The fraction of sp³-hybridized carbons (Fsp3) is 0.529. The summed E-state index contributed by atoms with van der Waals surface area (Å²) in [6.45, 7) is 8.68. The summed E-state index contributed by atoms with van der Waals surface area (Å²) in [6.07, 6.45) is -0.604. The molecule has 1 aromatic rings. The van der Waals surface area contributed by atoms with Gasteiger partial charge >= 0.3 is 0 Å². The highest BCUT2D eigenvalue weighted by atomic mass is 16.5. The lowest BCUT2D eigenvalue weighted by Crippen LogP contribution is -2.49. The predicted octanol–water partition coefficient (Wildman–Crippen LogP) is 1.69. The van der Waals surface area contributed by atoms with E-state index in [0.717, 1.165) is 5.56 Å². The Kier molecular flexibility index (Phi) is 5.26. The lowest BCUT2D eigenvalue weighted by atomic mass is 10.1. The zero-order chi connectivity index (χ0) is 17.1. The molecule has 0 aromatic heterocycles. The Hall–Kier alpha value is -2.08. The number of nitrogens with two attached hydrogens (primary N) is 1. The summed E-state index contributed by atoms with van der Waals surface area (Å²) in [7, 11) is 0. The molecule has 0 saturated carbocycles. The number of fused-ring (bicyclic) bond motifs is 1. The van der Waals surface area contributed by atoms with Gasteiger partial charge in [-0.3, -0.25) is 14.5 Å². The Morgan fingerprint density at radius 1 is 1.39 bits per heavy atom. The first kappa shape index (κ1) is 17.3. The van der Waals surface area contributed by atoms with Gasteiger partial charge in [-0.2, -0.15) is 0 Å². The first-order chi connectivity index (χ1) is 10.9. The van der Waals surface area contributed by atoms with Gasteiger partial charge in [0, 0.05) is 19.1 Å². The van der Waals surface area contributed by atoms with Crippen LogP contribution in [0.1, 0.15) is 39.3 Å². The molecule has 1 aliphatic rings. The number of amides is 2. The van der Waals surface area contributed by atoms with Crippen molar-refractivity contribution < 1.29 is 14.3 Å². The van der Waals surface area contributed by atoms with Crippen molar-refractivity contribution in [2.75, 3.05) is 24.5 Å². The van der Waals surface area contributed by atoms with Gasteiger partial charge in [0.05, 0.1) is 5.69 Å². The Balaban J connectivity index is 2.36. The number of hydrogen-bond acceptors (Lipinski definition) is 4. The summed E-state index contributed by atoms with van der Waals surface area (Å²) in [5, 5.41) is 0. The second kappa shape index (κ2) is 7.00. The third-order valence-electron chi connectivity index (χ3n) is 4.13. The molecule has 2 rings (SSSR count). The van der Waals surface area contributed by atoms with E-state index in [1.807, 2.05) is 39.0 Å². The molecule has 0 bridgehead atoms. The van der Waals surface area contributed by atoms with Crippen LogP contribution in [0.25, 0.3) is 0 Å². The van der Waals surface area contributed by atoms with Crippen molar-refractivity contribution in [3.8, 4) is 5.75 Å². The standard InChI is InChI=1S/C17H25N3O3/c1-5-19(6-2)16(21)10-20-14-9-13(11(3)18)7-8-15(14)23-12(4)17(20)22/h7-9,11-12H,5-6,10,18H2,1-4H3. The summed E-state index contributed by atoms with van der Waals surface area (Å²) in [4.78, 5) is 28.1. The molecule has 23 heavy (non-hydrogen) atoms. The summed E-state index contributed by atoms with van der Waals surface area (Å²) in [6, 6.07) is 5.37. The van der Waals surface area contributed by atoms with Crippen molar-refractivity contribution in [1.29, 1.82) is 0 Å². The Bertz CT molecular complexity index is 597. The molecule has 0 saturated heterocycles. The van der Waals surface area contributed by atoms with Crippen LogP contribution in [0.4, 0.5) is 5.69 Å². The minimum atomic E-state index is -0.604. The van der Waals surface area contributed by atoms with Crippen molar-refractivity contribution in [3.63, 3.8) is 0 Å². The SMILES string of the molecule is CCN(CC)C(=O)CN1C(=O)C(C)Oc2ccc(C(C)N)cc21. The van der Waals surface area contributed by atoms with Gasteiger partial charge in [0.15, 0.2) is 6.10 Å². The molecular weight excluding hydrogens is 294 g/mol. The number of ether oxygens (including phenoxy) is 1. The van der Waals surface area contributed by atoms with E-state index in [2.05, 4.69) is 0 Å². The van der Waals surface area contributed by atoms with Crippen LogP contribution in [-0.2, 0) is 9.59 Å². The quantitative estimate of drug-likeness (QED) is 0.896. The molecule has 2 amide bonds. The smallest absolute Gasteiger partial charge is 0.268 e. The number of rotatable bonds is 5. The third-order valence-corrected chi connectivity index (χ3v) is 4.13. The number of hydrogen-bond donors (Lipinski definition) is 1. The Morgan fingerprint density at radius 2 is 2.04 bits per heavy atom. The average Bonchev–Trinajstić information content (AvgIpc) is 2.52. The summed E-state index contributed by atoms with van der Waals surface area (Å²) >= 11 is 0. The average molecular weight is 319 g/mol. The highest BCUT2D eigenvalue weighted by Crippen LogP contribution is 2.35. The fourth-order valence-corrected chi connectivity index (χ4v) is 2.68. The molecule has 1 aliphatic heterocycles. The van der Waals surface area contributed by atoms with E-state index in [9.17, 15) is 9.59 Å². The van der Waals surface area contributed by atoms with Gasteiger partial charge < -0.3 is 15.4 Å². The highest BCUT2D eigenvalue weighted by Gasteiger charge is 2.33. The van der Waals surface area contributed by atoms with Crippen molar-refractivity contribution in [1.82, 2.24) is 4.90 Å². The molecule has 6 heteroatoms. The Morgan fingerprint density at radius 3 is 2.61 bits per heavy atom. The van der Waals surface area contributed by atoms with Crippen LogP contribution in [0.15, 0.2) is 18.2 Å². The lowest BCUT2D eigenvalue weighted by Gasteiger charge is -2.34. The van der Waals surface area contributed by atoms with Crippen LogP contribution in [-0.4, -0.2) is 42.5 Å². The minimum absolute atomic E-state index is 0.0175. The molecule has 0 fully saturated rings. The number of carbonyl (C=O) groups excluding carboxylic acids is 2. The second-order valence-corrected chi connectivity index (χ2v) is 5.77. The van der Waals surface area contributed by atoms with E-state index in [1.165, 1.54) is 4.90 Å². The maximum Gasteiger partial charge on any atom is 0.268 e. The monoisotopic (exact) mass is 319 g/mol. The van der Waals surface area contributed by atoms with Crippen LogP contribution >= 0.6 is 0 Å². The van der Waals surface area contributed by atoms with Gasteiger partial charge in [-0.1, -0.05) is 6.07 Å². The Labute approximate surface area is 137 Å². The van der Waals surface area contributed by atoms with Gasteiger partial charge in [-0.05, 0) is 45.4 Å². The molecule has 2 unspecified atom stereocenters. The third kappa shape index (κ3) is 3.47. The summed E-state index contributed by atoms with van der Waals surface area (Å²) in [5.41, 5.74) is 7.44. The maximum absolute atomic E-state index is 12.5. The fourth-order valence-electron chi connectivity index (χ4n) is 2.68. The topological polar surface area (TPSA) is 75.9 Å². The number of benzene rings is 1. The van der Waals surface area contributed by atoms with E-state index < -0.39 is 6.10 Å². The number of likely N-dealkylation sites (N-methyl/N-ethyl adjacent to an activating group) is 1. The van der Waals surface area contributed by atoms with E-state index in [-0.39, 0.29) is 24.4 Å². The van der Waals surface area contributed by atoms with Gasteiger partial charge in [-0.15, -0.1) is 0 Å². The number of anilines is 1. The zero-order valence-corrected chi connectivity index (χ0v) is 14.2. The van der Waals surface area contributed by atoms with Crippen molar-refractivity contribution >= 4 is 17.5 Å². The van der Waals surface area contributed by atoms with Crippen LogP contribution < -0.4 is 15.4 Å². The normalized spacial score (nSPS) is 18.2. The van der Waals surface area contributed by atoms with Crippen LogP contribution in [0.5, 0.6) is 5.75 Å². The molecule has 1 aromatic carbocycles. The molecule has 0 aliphatic carbocycles. The largest absolute Gasteiger partial charge is 0.479 e. The minimum Gasteiger partial charge on any atom is -0.479 e. The molecular formula is C17H25N3O3. The van der Waals surface area contributed by atoms with Crippen LogP contribution in [0.2, 0.25) is 0 Å². The van der Waals surface area contributed by atoms with E-state index in [4.69, 9.17) is 10.5 Å². The van der Waals surface area contributed by atoms with Crippen molar-refractivity contribution in [2.24, 2.45) is 5.73 Å². The molecule has 126 valence electrons. The zero-order valence-electron chi connectivity index (χ0n) is 14.2. The van der Waals surface area contributed by atoms with Crippen LogP contribution in [0.3, 0.4) is 0 Å². The van der Waals surface area contributed by atoms with Gasteiger partial charge in [0.1, 0.15) is 12.3 Å². The van der Waals surface area contributed by atoms with Crippen molar-refractivity contribution in [2.45, 2.75) is 39.8 Å². The van der Waals surface area contributed by atoms with E-state index in [1.54, 1.807) is 11.8 Å². The summed E-state index contributed by atoms with van der Waals surface area (Å²) < 4.78 is 5.65. The summed E-state index contributed by atoms with van der Waals surface area (Å²) in [5.74, 6) is 0.322. The molecule has 1 heterocycles. The number of carbonyl (C=O) groups is 2. The van der Waals surface area contributed by atoms with Gasteiger partial charge in [0.25, 0.3) is 5.91 Å². The van der Waals surface area contributed by atoms with Gasteiger partial charge in [-0.25, -0.2) is 0 Å². The molecule has 2 atom stereocenters. The number of nitrogens with zero attached hydrogens (tertiary/aromatic N) is 2. The van der Waals surface area contributed by atoms with E-state index in [0.29, 0.717) is 24.5 Å². The van der Waals surface area contributed by atoms with Gasteiger partial charge in [0.2, 0.25) is 5.91 Å². The van der Waals surface area contributed by atoms with Crippen molar-refractivity contribution in [3.05, 3.63) is 23.8 Å². The molecule has 0 radical (unpaired) electrons. The molecule has 0 spiro atoms. The molecule has 6 nitrogen and oxygen atoms in total. The lowest BCUT2D eigenvalue weighted by molar-refractivity contribution is -0.132. The first-order valence-corrected chi connectivity index (χ1v) is 8.04. The second-order valence-electron chi connectivity index (χ2n) is 5.77. The van der Waals surface area contributed by atoms with E-state index >= 15 is 0 Å². The highest BCUT2D eigenvalue weighted by molar-refractivity contribution is 6.03. The first-order valence-electron chi connectivity index (χ1n) is 8.04.